The quantitative estimate of drug-likeness (QED) is 0.429. The van der Waals surface area contributed by atoms with Gasteiger partial charge < -0.3 is 9.63 Å². The number of aromatic nitrogens is 2. The summed E-state index contributed by atoms with van der Waals surface area (Å²) >= 11 is 0. The van der Waals surface area contributed by atoms with Crippen molar-refractivity contribution in [3.63, 3.8) is 0 Å². The van der Waals surface area contributed by atoms with Crippen molar-refractivity contribution in [2.45, 2.75) is 41.7 Å². The lowest BCUT2D eigenvalue weighted by molar-refractivity contribution is -0.454. The third-order valence-corrected chi connectivity index (χ3v) is 4.15. The van der Waals surface area contributed by atoms with E-state index in [1.54, 1.807) is 0 Å². The topological polar surface area (TPSA) is 59.2 Å². The van der Waals surface area contributed by atoms with Crippen LogP contribution < -0.4 is 0 Å². The summed E-state index contributed by atoms with van der Waals surface area (Å²) < 4.78 is 202. The molecule has 34 heavy (non-hydrogen) atoms. The molecule has 1 N–H and O–H groups in total. The summed E-state index contributed by atoms with van der Waals surface area (Å²) in [5, 5.41) is 11.7. The lowest BCUT2D eigenvalue weighted by atomic mass is 9.91. The van der Waals surface area contributed by atoms with E-state index in [2.05, 4.69) is 14.7 Å². The molecule has 0 fully saturated rings. The van der Waals surface area contributed by atoms with Crippen molar-refractivity contribution in [1.82, 2.24) is 10.1 Å². The van der Waals surface area contributed by atoms with Gasteiger partial charge in [-0.05, 0) is 24.3 Å². The van der Waals surface area contributed by atoms with E-state index in [4.69, 9.17) is 5.11 Å². The summed E-state index contributed by atoms with van der Waals surface area (Å²) in [6, 6.07) is 3.33. The predicted octanol–water partition coefficient (Wildman–Crippen LogP) is 6.27. The summed E-state index contributed by atoms with van der Waals surface area (Å²) in [5.74, 6) is -52.2. The number of alkyl halides is 15. The highest BCUT2D eigenvalue weighted by Crippen LogP contribution is 2.63. The molecule has 4 nitrogen and oxygen atoms in total. The normalized spacial score (nSPS) is 15.0. The van der Waals surface area contributed by atoms with Crippen molar-refractivity contribution in [1.29, 1.82) is 0 Å². The molecule has 0 aliphatic rings. The molecule has 0 radical (unpaired) electrons. The second-order valence-electron chi connectivity index (χ2n) is 6.41. The highest BCUT2D eigenvalue weighted by Gasteiger charge is 2.94. The van der Waals surface area contributed by atoms with E-state index in [1.807, 2.05) is 0 Å². The summed E-state index contributed by atoms with van der Waals surface area (Å²) in [4.78, 5) is 2.51. The minimum absolute atomic E-state index is 0.430. The average Bonchev–Trinajstić information content (AvgIpc) is 3.17. The molecule has 0 atom stereocenters. The molecule has 1 aromatic carbocycles. The van der Waals surface area contributed by atoms with Gasteiger partial charge in [0.25, 0.3) is 0 Å². The first-order valence-corrected chi connectivity index (χ1v) is 7.94. The first kappa shape index (κ1) is 27.4. The van der Waals surface area contributed by atoms with Crippen LogP contribution in [0.5, 0.6) is 5.75 Å². The molecular formula is C15H5F15N2O2. The standard InChI is InChI=1S/C15H5F15N2O2/c16-9(17,8-31-7(32-34-8)5-1-3-6(33)4-2-5)10(18,19)11(20,21)12(22,23)13(24,25)14(26,27)15(28,29)30/h1-4,33H. The van der Waals surface area contributed by atoms with Gasteiger partial charge >= 0.3 is 47.6 Å². The first-order valence-electron chi connectivity index (χ1n) is 7.94. The second-order valence-corrected chi connectivity index (χ2v) is 6.41. The van der Waals surface area contributed by atoms with Crippen LogP contribution in [0.2, 0.25) is 0 Å². The summed E-state index contributed by atoms with van der Waals surface area (Å²) in [7, 11) is 0. The zero-order valence-corrected chi connectivity index (χ0v) is 15.2. The molecule has 1 heterocycles. The Morgan fingerprint density at radius 3 is 1.44 bits per heavy atom. The molecule has 0 aliphatic carbocycles. The number of halogens is 15. The van der Waals surface area contributed by atoms with Crippen LogP contribution in [0.25, 0.3) is 11.4 Å². The van der Waals surface area contributed by atoms with Gasteiger partial charge in [-0.3, -0.25) is 0 Å². The van der Waals surface area contributed by atoms with E-state index in [-0.39, 0.29) is 0 Å². The lowest BCUT2D eigenvalue weighted by Crippen LogP contribution is -2.72. The van der Waals surface area contributed by atoms with E-state index in [0.29, 0.717) is 0 Å². The van der Waals surface area contributed by atoms with Crippen LogP contribution in [0.1, 0.15) is 5.89 Å². The Morgan fingerprint density at radius 2 is 1.00 bits per heavy atom. The fourth-order valence-corrected chi connectivity index (χ4v) is 2.18. The predicted molar refractivity (Wildman–Crippen MR) is 76.1 cm³/mol. The van der Waals surface area contributed by atoms with Crippen LogP contribution >= 0.6 is 0 Å². The number of hydrogen-bond acceptors (Lipinski definition) is 4. The van der Waals surface area contributed by atoms with Gasteiger partial charge in [0.05, 0.1) is 0 Å². The molecule has 0 bridgehead atoms. The Balaban J connectivity index is 2.57. The molecule has 19 heteroatoms. The van der Waals surface area contributed by atoms with E-state index >= 15 is 0 Å². The molecule has 0 unspecified atom stereocenters. The number of nitrogens with zero attached hydrogens (tertiary/aromatic N) is 2. The molecule has 0 saturated heterocycles. The van der Waals surface area contributed by atoms with E-state index in [0.717, 1.165) is 24.3 Å². The fraction of sp³-hybridized carbons (Fsp3) is 0.467. The summed E-state index contributed by atoms with van der Waals surface area (Å²) in [5.41, 5.74) is -0.430. The Hall–Kier alpha value is -2.89. The molecule has 0 amide bonds. The van der Waals surface area contributed by atoms with Gasteiger partial charge in [-0.1, -0.05) is 5.16 Å². The maximum Gasteiger partial charge on any atom is 0.460 e. The van der Waals surface area contributed by atoms with E-state index in [1.165, 1.54) is 0 Å². The van der Waals surface area contributed by atoms with Crippen LogP contribution in [-0.4, -0.2) is 51.0 Å². The molecule has 2 aromatic rings. The Bertz CT molecular complexity index is 1030. The van der Waals surface area contributed by atoms with Gasteiger partial charge in [-0.15, -0.1) is 0 Å². The van der Waals surface area contributed by atoms with Gasteiger partial charge in [-0.25, -0.2) is 0 Å². The van der Waals surface area contributed by atoms with Crippen LogP contribution in [0.4, 0.5) is 65.9 Å². The SMILES string of the molecule is Oc1ccc(-c2noc(C(F)(F)C(F)(F)C(F)(F)C(F)(F)C(F)(F)C(F)(F)C(F)(F)F)n2)cc1. The van der Waals surface area contributed by atoms with Gasteiger partial charge in [0.15, 0.2) is 0 Å². The Morgan fingerprint density at radius 1 is 0.588 bits per heavy atom. The largest absolute Gasteiger partial charge is 0.508 e. The van der Waals surface area contributed by atoms with Crippen LogP contribution in [0.15, 0.2) is 28.8 Å². The van der Waals surface area contributed by atoms with Gasteiger partial charge in [0, 0.05) is 5.56 Å². The van der Waals surface area contributed by atoms with Crippen LogP contribution in [0, 0.1) is 0 Å². The molecule has 0 saturated carbocycles. The molecule has 0 aliphatic heterocycles. The van der Waals surface area contributed by atoms with Crippen LogP contribution in [0.3, 0.4) is 0 Å². The number of rotatable bonds is 7. The Kier molecular flexibility index (Phi) is 6.08. The zero-order valence-electron chi connectivity index (χ0n) is 15.2. The number of phenolic OH excluding ortho intramolecular Hbond substituents is 1. The second kappa shape index (κ2) is 7.56. The highest BCUT2D eigenvalue weighted by atomic mass is 19.4. The van der Waals surface area contributed by atoms with Crippen molar-refractivity contribution < 1.29 is 75.5 Å². The minimum atomic E-state index is -8.41. The first-order chi connectivity index (χ1) is 15.0. The summed E-state index contributed by atoms with van der Waals surface area (Å²) in [6.45, 7) is 0. The van der Waals surface area contributed by atoms with Gasteiger partial charge in [-0.2, -0.15) is 70.8 Å². The van der Waals surface area contributed by atoms with Crippen LogP contribution in [-0.2, 0) is 5.92 Å². The Labute approximate surface area is 176 Å². The lowest BCUT2D eigenvalue weighted by Gasteiger charge is -2.40. The van der Waals surface area contributed by atoms with Gasteiger partial charge in [0.2, 0.25) is 5.82 Å². The molecular weight excluding hydrogens is 525 g/mol. The number of benzene rings is 1. The number of hydrogen-bond donors (Lipinski definition) is 1. The number of phenols is 1. The van der Waals surface area contributed by atoms with E-state index in [9.17, 15) is 65.9 Å². The van der Waals surface area contributed by atoms with Gasteiger partial charge in [0.1, 0.15) is 5.75 Å². The van der Waals surface area contributed by atoms with Crippen molar-refractivity contribution >= 4 is 0 Å². The highest BCUT2D eigenvalue weighted by molar-refractivity contribution is 5.55. The maximum absolute atomic E-state index is 14.0. The molecule has 2 rings (SSSR count). The minimum Gasteiger partial charge on any atom is -0.508 e. The summed E-state index contributed by atoms with van der Waals surface area (Å²) in [6.07, 6.45) is -7.68. The molecule has 0 spiro atoms. The van der Waals surface area contributed by atoms with Crippen molar-refractivity contribution in [3.8, 4) is 17.1 Å². The number of aromatic hydroxyl groups is 1. The molecule has 1 aromatic heterocycles. The molecule has 192 valence electrons. The third-order valence-electron chi connectivity index (χ3n) is 4.15. The zero-order chi connectivity index (χ0) is 26.8. The smallest absolute Gasteiger partial charge is 0.460 e. The van der Waals surface area contributed by atoms with Crippen molar-refractivity contribution in [2.24, 2.45) is 0 Å². The van der Waals surface area contributed by atoms with E-state index < -0.39 is 64.7 Å². The third kappa shape index (κ3) is 3.58. The maximum atomic E-state index is 14.0. The average molecular weight is 530 g/mol. The van der Waals surface area contributed by atoms with Crippen molar-refractivity contribution in [3.05, 3.63) is 30.2 Å². The van der Waals surface area contributed by atoms with Crippen molar-refractivity contribution in [2.75, 3.05) is 0 Å². The monoisotopic (exact) mass is 530 g/mol. The fourth-order valence-electron chi connectivity index (χ4n) is 2.18.